The van der Waals surface area contributed by atoms with Crippen LogP contribution in [0.1, 0.15) is 39.5 Å². The molecule has 3 rings (SSSR count). The maximum Gasteiger partial charge on any atom is 0.0956 e. The molecule has 0 amide bonds. The van der Waals surface area contributed by atoms with Gasteiger partial charge in [-0.2, -0.15) is 0 Å². The molecule has 3 heteroatoms. The summed E-state index contributed by atoms with van der Waals surface area (Å²) in [7, 11) is 0. The summed E-state index contributed by atoms with van der Waals surface area (Å²) in [6.07, 6.45) is 7.16. The highest BCUT2D eigenvalue weighted by Crippen LogP contribution is 2.34. The number of fused-ring (bicyclic) bond motifs is 1. The molecule has 0 atom stereocenters. The fourth-order valence-corrected chi connectivity index (χ4v) is 3.46. The minimum Gasteiger partial charge on any atom is -0.398 e. The monoisotopic (exact) mass is 283 g/mol. The Morgan fingerprint density at radius 2 is 2.00 bits per heavy atom. The first-order chi connectivity index (χ1) is 10.2. The van der Waals surface area contributed by atoms with Gasteiger partial charge in [-0.05, 0) is 43.0 Å². The standard InChI is InChI=1S/C18H25N3/c1-13(2)12-21(14-6-3-4-7-14)17-10-9-16(19)15-8-5-11-20-18(15)17/h5,8-11,13-14H,3-4,6-7,12,19H2,1-2H3. The average molecular weight is 283 g/mol. The molecule has 0 saturated heterocycles. The lowest BCUT2D eigenvalue weighted by Crippen LogP contribution is -2.36. The fraction of sp³-hybridized carbons (Fsp3) is 0.500. The molecule has 1 fully saturated rings. The van der Waals surface area contributed by atoms with Crippen molar-refractivity contribution in [2.45, 2.75) is 45.6 Å². The third-order valence-corrected chi connectivity index (χ3v) is 4.42. The molecular weight excluding hydrogens is 258 g/mol. The quantitative estimate of drug-likeness (QED) is 0.854. The topological polar surface area (TPSA) is 42.1 Å². The predicted octanol–water partition coefficient (Wildman–Crippen LogP) is 4.22. The van der Waals surface area contributed by atoms with E-state index in [4.69, 9.17) is 5.73 Å². The van der Waals surface area contributed by atoms with Crippen molar-refractivity contribution < 1.29 is 0 Å². The second kappa shape index (κ2) is 5.92. The van der Waals surface area contributed by atoms with Gasteiger partial charge in [0.1, 0.15) is 0 Å². The summed E-state index contributed by atoms with van der Waals surface area (Å²) >= 11 is 0. The van der Waals surface area contributed by atoms with Crippen LogP contribution in [0.15, 0.2) is 30.5 Å². The summed E-state index contributed by atoms with van der Waals surface area (Å²) in [5.41, 5.74) is 9.24. The molecule has 1 aliphatic rings. The molecule has 0 bridgehead atoms. The van der Waals surface area contributed by atoms with Gasteiger partial charge >= 0.3 is 0 Å². The molecule has 0 aliphatic heterocycles. The molecule has 0 radical (unpaired) electrons. The molecule has 1 aliphatic carbocycles. The average Bonchev–Trinajstić information content (AvgIpc) is 3.00. The molecule has 1 aromatic carbocycles. The van der Waals surface area contributed by atoms with Crippen molar-refractivity contribution in [2.75, 3.05) is 17.2 Å². The second-order valence-corrected chi connectivity index (χ2v) is 6.56. The number of aromatic nitrogens is 1. The van der Waals surface area contributed by atoms with Crippen molar-refractivity contribution >= 4 is 22.3 Å². The molecule has 3 nitrogen and oxygen atoms in total. The summed E-state index contributed by atoms with van der Waals surface area (Å²) in [4.78, 5) is 7.20. The highest BCUT2D eigenvalue weighted by molar-refractivity contribution is 5.98. The Morgan fingerprint density at radius 1 is 1.24 bits per heavy atom. The molecule has 2 N–H and O–H groups in total. The Balaban J connectivity index is 2.08. The Labute approximate surface area is 127 Å². The molecule has 0 unspecified atom stereocenters. The van der Waals surface area contributed by atoms with E-state index in [1.54, 1.807) is 0 Å². The first-order valence-corrected chi connectivity index (χ1v) is 8.06. The van der Waals surface area contributed by atoms with Crippen LogP contribution in [0.3, 0.4) is 0 Å². The van der Waals surface area contributed by atoms with E-state index in [0.717, 1.165) is 23.1 Å². The summed E-state index contributed by atoms with van der Waals surface area (Å²) in [5.74, 6) is 0.641. The number of nitrogen functional groups attached to an aromatic ring is 1. The first-order valence-electron chi connectivity index (χ1n) is 8.06. The lowest BCUT2D eigenvalue weighted by molar-refractivity contribution is 0.537. The summed E-state index contributed by atoms with van der Waals surface area (Å²) in [6, 6.07) is 8.88. The van der Waals surface area contributed by atoms with Crippen molar-refractivity contribution in [1.82, 2.24) is 4.98 Å². The molecule has 21 heavy (non-hydrogen) atoms. The number of hydrogen-bond acceptors (Lipinski definition) is 3. The van der Waals surface area contributed by atoms with Crippen LogP contribution in [0, 0.1) is 5.92 Å². The molecule has 1 heterocycles. The smallest absolute Gasteiger partial charge is 0.0956 e. The van der Waals surface area contributed by atoms with E-state index in [0.29, 0.717) is 12.0 Å². The van der Waals surface area contributed by atoms with E-state index >= 15 is 0 Å². The van der Waals surface area contributed by atoms with Gasteiger partial charge in [-0.15, -0.1) is 0 Å². The van der Waals surface area contributed by atoms with Gasteiger partial charge in [0.2, 0.25) is 0 Å². The maximum absolute atomic E-state index is 6.12. The van der Waals surface area contributed by atoms with Crippen LogP contribution in [0.5, 0.6) is 0 Å². The van der Waals surface area contributed by atoms with Crippen molar-refractivity contribution in [1.29, 1.82) is 0 Å². The number of hydrogen-bond donors (Lipinski definition) is 1. The Morgan fingerprint density at radius 3 is 2.71 bits per heavy atom. The van der Waals surface area contributed by atoms with Gasteiger partial charge in [-0.1, -0.05) is 26.7 Å². The van der Waals surface area contributed by atoms with Crippen LogP contribution in [-0.4, -0.2) is 17.6 Å². The van der Waals surface area contributed by atoms with Crippen molar-refractivity contribution in [2.24, 2.45) is 5.92 Å². The van der Waals surface area contributed by atoms with Gasteiger partial charge in [0.15, 0.2) is 0 Å². The highest BCUT2D eigenvalue weighted by Gasteiger charge is 2.25. The maximum atomic E-state index is 6.12. The molecule has 2 aromatic rings. The molecule has 0 spiro atoms. The van der Waals surface area contributed by atoms with Crippen LogP contribution in [0.4, 0.5) is 11.4 Å². The van der Waals surface area contributed by atoms with E-state index < -0.39 is 0 Å². The van der Waals surface area contributed by atoms with Gasteiger partial charge in [-0.3, -0.25) is 4.98 Å². The van der Waals surface area contributed by atoms with Crippen LogP contribution >= 0.6 is 0 Å². The Hall–Kier alpha value is -1.77. The number of anilines is 2. The van der Waals surface area contributed by atoms with E-state index in [9.17, 15) is 0 Å². The zero-order valence-electron chi connectivity index (χ0n) is 13.0. The minimum atomic E-state index is 0.641. The van der Waals surface area contributed by atoms with E-state index in [-0.39, 0.29) is 0 Å². The van der Waals surface area contributed by atoms with E-state index in [1.807, 2.05) is 18.3 Å². The van der Waals surface area contributed by atoms with Crippen LogP contribution in [-0.2, 0) is 0 Å². The summed E-state index contributed by atoms with van der Waals surface area (Å²) < 4.78 is 0. The molecule has 1 aromatic heterocycles. The van der Waals surface area contributed by atoms with Crippen molar-refractivity contribution in [3.63, 3.8) is 0 Å². The van der Waals surface area contributed by atoms with Crippen molar-refractivity contribution in [3.8, 4) is 0 Å². The summed E-state index contributed by atoms with van der Waals surface area (Å²) in [5, 5.41) is 1.07. The second-order valence-electron chi connectivity index (χ2n) is 6.56. The van der Waals surface area contributed by atoms with Crippen LogP contribution in [0.25, 0.3) is 10.9 Å². The molecule has 112 valence electrons. The Kier molecular flexibility index (Phi) is 4.00. The number of nitrogens with zero attached hydrogens (tertiary/aromatic N) is 2. The third-order valence-electron chi connectivity index (χ3n) is 4.42. The lowest BCUT2D eigenvalue weighted by atomic mass is 10.1. The molecule has 1 saturated carbocycles. The predicted molar refractivity (Wildman–Crippen MR) is 90.6 cm³/mol. The number of benzene rings is 1. The Bertz CT molecular complexity index is 615. The van der Waals surface area contributed by atoms with Gasteiger partial charge in [0, 0.05) is 29.9 Å². The number of nitrogens with two attached hydrogens (primary N) is 1. The van der Waals surface area contributed by atoms with Gasteiger partial charge in [0.05, 0.1) is 11.2 Å². The fourth-order valence-electron chi connectivity index (χ4n) is 3.46. The van der Waals surface area contributed by atoms with Gasteiger partial charge in [-0.25, -0.2) is 0 Å². The number of rotatable bonds is 4. The lowest BCUT2D eigenvalue weighted by Gasteiger charge is -2.33. The van der Waals surface area contributed by atoms with Gasteiger partial charge in [0.25, 0.3) is 0 Å². The highest BCUT2D eigenvalue weighted by atomic mass is 15.2. The van der Waals surface area contributed by atoms with Crippen LogP contribution < -0.4 is 10.6 Å². The third kappa shape index (κ3) is 2.82. The van der Waals surface area contributed by atoms with Gasteiger partial charge < -0.3 is 10.6 Å². The zero-order chi connectivity index (χ0) is 14.8. The molecular formula is C18H25N3. The first kappa shape index (κ1) is 14.2. The zero-order valence-corrected chi connectivity index (χ0v) is 13.0. The largest absolute Gasteiger partial charge is 0.398 e. The number of pyridine rings is 1. The van der Waals surface area contributed by atoms with E-state index in [2.05, 4.69) is 35.9 Å². The SMILES string of the molecule is CC(C)CN(c1ccc(N)c2cccnc12)C1CCCC1. The normalized spacial score (nSPS) is 16.0. The van der Waals surface area contributed by atoms with Crippen LogP contribution in [0.2, 0.25) is 0 Å². The van der Waals surface area contributed by atoms with E-state index in [1.165, 1.54) is 31.4 Å². The summed E-state index contributed by atoms with van der Waals surface area (Å²) in [6.45, 7) is 5.66. The minimum absolute atomic E-state index is 0.641. The van der Waals surface area contributed by atoms with Crippen molar-refractivity contribution in [3.05, 3.63) is 30.5 Å².